The van der Waals surface area contributed by atoms with Gasteiger partial charge in [0.1, 0.15) is 11.5 Å². The Morgan fingerprint density at radius 2 is 1.60 bits per heavy atom. The summed E-state index contributed by atoms with van der Waals surface area (Å²) in [6.45, 7) is 1.49. The van der Waals surface area contributed by atoms with Crippen LogP contribution in [-0.4, -0.2) is 29.1 Å². The van der Waals surface area contributed by atoms with Crippen molar-refractivity contribution in [3.05, 3.63) is 94.5 Å². The molecule has 0 bridgehead atoms. The maximum atomic E-state index is 11.4. The van der Waals surface area contributed by atoms with Crippen LogP contribution in [0, 0.1) is 5.92 Å². The van der Waals surface area contributed by atoms with Gasteiger partial charge < -0.3 is 9.84 Å². The van der Waals surface area contributed by atoms with Gasteiger partial charge in [0.25, 0.3) is 0 Å². The minimum Gasteiger partial charge on any atom is -0.481 e. The molecule has 1 N–H and O–H groups in total. The van der Waals surface area contributed by atoms with E-state index >= 15 is 0 Å². The molecular formula is C25H24BrNO3. The summed E-state index contributed by atoms with van der Waals surface area (Å²) < 4.78 is 7.11. The average Bonchev–Trinajstić information content (AvgIpc) is 2.77. The van der Waals surface area contributed by atoms with Gasteiger partial charge in [0.05, 0.1) is 12.0 Å². The molecule has 1 atom stereocenters. The fourth-order valence-electron chi connectivity index (χ4n) is 4.06. The lowest BCUT2D eigenvalue weighted by Gasteiger charge is -2.37. The van der Waals surface area contributed by atoms with Crippen LogP contribution in [0.5, 0.6) is 11.5 Å². The van der Waals surface area contributed by atoms with Crippen LogP contribution >= 0.6 is 15.9 Å². The summed E-state index contributed by atoms with van der Waals surface area (Å²) in [4.78, 5) is 13.8. The number of carboxylic acids is 1. The first-order chi connectivity index (χ1) is 14.6. The molecule has 4 rings (SSSR count). The second-order valence-corrected chi connectivity index (χ2v) is 8.41. The minimum atomic E-state index is -0.689. The molecule has 1 aliphatic rings. The normalized spacial score (nSPS) is 16.2. The van der Waals surface area contributed by atoms with Crippen LogP contribution in [0.15, 0.2) is 83.3 Å². The number of ether oxygens (including phenoxy) is 1. The molecule has 1 aliphatic heterocycles. The fourth-order valence-corrected chi connectivity index (χ4v) is 4.56. The van der Waals surface area contributed by atoms with Gasteiger partial charge in [-0.2, -0.15) is 0 Å². The lowest BCUT2D eigenvalue weighted by molar-refractivity contribution is -0.143. The highest BCUT2D eigenvalue weighted by molar-refractivity contribution is 9.10. The smallest absolute Gasteiger partial charge is 0.306 e. The van der Waals surface area contributed by atoms with Gasteiger partial charge in [0, 0.05) is 4.47 Å². The Labute approximate surface area is 185 Å². The molecule has 0 spiro atoms. The maximum Gasteiger partial charge on any atom is 0.306 e. The highest BCUT2D eigenvalue weighted by Gasteiger charge is 2.31. The van der Waals surface area contributed by atoms with Gasteiger partial charge in [-0.05, 0) is 67.4 Å². The third-order valence-electron chi connectivity index (χ3n) is 5.60. The molecular weight excluding hydrogens is 442 g/mol. The summed E-state index contributed by atoms with van der Waals surface area (Å²) >= 11 is 3.72. The number of aliphatic carboxylic acids is 1. The number of hydrogen-bond donors (Lipinski definition) is 1. The number of likely N-dealkylation sites (tertiary alicyclic amines) is 1. The zero-order chi connectivity index (χ0) is 20.9. The molecule has 1 saturated heterocycles. The average molecular weight is 466 g/mol. The van der Waals surface area contributed by atoms with E-state index in [4.69, 9.17) is 4.74 Å². The number of halogens is 1. The molecule has 1 heterocycles. The number of para-hydroxylation sites is 1. The molecule has 0 aliphatic carbocycles. The Kier molecular flexibility index (Phi) is 6.50. The molecule has 3 aromatic carbocycles. The van der Waals surface area contributed by atoms with Gasteiger partial charge >= 0.3 is 5.97 Å². The number of carboxylic acid groups (broad SMARTS) is 1. The van der Waals surface area contributed by atoms with E-state index in [9.17, 15) is 9.90 Å². The minimum absolute atomic E-state index is 0.0228. The molecule has 0 aromatic heterocycles. The van der Waals surface area contributed by atoms with Crippen molar-refractivity contribution in [3.63, 3.8) is 0 Å². The van der Waals surface area contributed by atoms with Crippen molar-refractivity contribution in [2.24, 2.45) is 5.92 Å². The third-order valence-corrected chi connectivity index (χ3v) is 6.32. The van der Waals surface area contributed by atoms with E-state index < -0.39 is 5.97 Å². The Balaban J connectivity index is 1.66. The number of hydrogen-bond acceptors (Lipinski definition) is 3. The molecule has 0 saturated carbocycles. The van der Waals surface area contributed by atoms with Crippen molar-refractivity contribution in [3.8, 4) is 11.5 Å². The molecule has 1 unspecified atom stereocenters. The van der Waals surface area contributed by atoms with Gasteiger partial charge in [-0.1, -0.05) is 64.5 Å². The highest BCUT2D eigenvalue weighted by Crippen LogP contribution is 2.37. The Morgan fingerprint density at radius 3 is 2.30 bits per heavy atom. The lowest BCUT2D eigenvalue weighted by Crippen LogP contribution is -2.39. The van der Waals surface area contributed by atoms with Crippen molar-refractivity contribution in [1.82, 2.24) is 4.90 Å². The topological polar surface area (TPSA) is 49.8 Å². The predicted molar refractivity (Wildman–Crippen MR) is 121 cm³/mol. The van der Waals surface area contributed by atoms with Crippen LogP contribution in [-0.2, 0) is 4.79 Å². The highest BCUT2D eigenvalue weighted by atomic mass is 79.9. The summed E-state index contributed by atoms with van der Waals surface area (Å²) in [5.74, 6) is 0.643. The number of carbonyl (C=O) groups is 1. The summed E-state index contributed by atoms with van der Waals surface area (Å²) in [6.07, 6.45) is 1.33. The third kappa shape index (κ3) is 4.74. The molecule has 4 nitrogen and oxygen atoms in total. The Morgan fingerprint density at radius 1 is 0.933 bits per heavy atom. The van der Waals surface area contributed by atoms with Crippen molar-refractivity contribution in [2.75, 3.05) is 13.1 Å². The van der Waals surface area contributed by atoms with E-state index in [2.05, 4.69) is 45.1 Å². The zero-order valence-electron chi connectivity index (χ0n) is 16.6. The Hall–Kier alpha value is -2.63. The van der Waals surface area contributed by atoms with Crippen molar-refractivity contribution in [1.29, 1.82) is 0 Å². The van der Waals surface area contributed by atoms with E-state index in [0.29, 0.717) is 12.8 Å². The predicted octanol–water partition coefficient (Wildman–Crippen LogP) is 6.13. The van der Waals surface area contributed by atoms with Gasteiger partial charge in [-0.25, -0.2) is 0 Å². The lowest BCUT2D eigenvalue weighted by atomic mass is 9.91. The molecule has 30 heavy (non-hydrogen) atoms. The standard InChI is InChI=1S/C25H24BrNO3/c26-23-12-5-4-11-22(23)24(27-15-13-18(14-16-27)25(28)29)19-7-6-10-21(17-19)30-20-8-2-1-3-9-20/h1-12,17-18,24H,13-16H2,(H,28,29). The van der Waals surface area contributed by atoms with Crippen molar-refractivity contribution < 1.29 is 14.6 Å². The Bertz CT molecular complexity index is 1000. The number of benzene rings is 3. The fraction of sp³-hybridized carbons (Fsp3) is 0.240. The molecule has 1 fully saturated rings. The van der Waals surface area contributed by atoms with Crippen molar-refractivity contribution >= 4 is 21.9 Å². The maximum absolute atomic E-state index is 11.4. The van der Waals surface area contributed by atoms with Gasteiger partial charge in [0.15, 0.2) is 0 Å². The van der Waals surface area contributed by atoms with E-state index in [-0.39, 0.29) is 12.0 Å². The second-order valence-electron chi connectivity index (χ2n) is 7.56. The molecule has 0 amide bonds. The quantitative estimate of drug-likeness (QED) is 0.475. The summed E-state index contributed by atoms with van der Waals surface area (Å²) in [7, 11) is 0. The summed E-state index contributed by atoms with van der Waals surface area (Å²) in [5, 5.41) is 9.38. The molecule has 154 valence electrons. The zero-order valence-corrected chi connectivity index (χ0v) is 18.2. The second kappa shape index (κ2) is 9.45. The van der Waals surface area contributed by atoms with Gasteiger partial charge in [0.2, 0.25) is 0 Å². The molecule has 0 radical (unpaired) electrons. The van der Waals surface area contributed by atoms with E-state index in [1.54, 1.807) is 0 Å². The monoisotopic (exact) mass is 465 g/mol. The summed E-state index contributed by atoms with van der Waals surface area (Å²) in [5.41, 5.74) is 2.30. The summed E-state index contributed by atoms with van der Waals surface area (Å²) in [6, 6.07) is 26.2. The molecule has 5 heteroatoms. The number of rotatable bonds is 6. The molecule has 3 aromatic rings. The van der Waals surface area contributed by atoms with Crippen LogP contribution in [0.1, 0.15) is 30.0 Å². The van der Waals surface area contributed by atoms with Crippen LogP contribution < -0.4 is 4.74 Å². The van der Waals surface area contributed by atoms with Crippen LogP contribution in [0.25, 0.3) is 0 Å². The van der Waals surface area contributed by atoms with Gasteiger partial charge in [-0.3, -0.25) is 9.69 Å². The first-order valence-corrected chi connectivity index (χ1v) is 11.0. The van der Waals surface area contributed by atoms with E-state index in [1.807, 2.05) is 54.6 Å². The number of piperidine rings is 1. The van der Waals surface area contributed by atoms with E-state index in [1.165, 1.54) is 5.56 Å². The largest absolute Gasteiger partial charge is 0.481 e. The van der Waals surface area contributed by atoms with Gasteiger partial charge in [-0.15, -0.1) is 0 Å². The SMILES string of the molecule is O=C(O)C1CCN(C(c2cccc(Oc3ccccc3)c2)c2ccccc2Br)CC1. The van der Waals surface area contributed by atoms with Crippen LogP contribution in [0.3, 0.4) is 0 Å². The van der Waals surface area contributed by atoms with Crippen LogP contribution in [0.4, 0.5) is 0 Å². The first-order valence-electron chi connectivity index (χ1n) is 10.2. The van der Waals surface area contributed by atoms with E-state index in [0.717, 1.165) is 34.6 Å². The van der Waals surface area contributed by atoms with Crippen molar-refractivity contribution in [2.45, 2.75) is 18.9 Å². The number of nitrogens with zero attached hydrogens (tertiary/aromatic N) is 1. The first kappa shape index (κ1) is 20.6. The van der Waals surface area contributed by atoms with Crippen LogP contribution in [0.2, 0.25) is 0 Å².